The zero-order chi connectivity index (χ0) is 21.5. The van der Waals surface area contributed by atoms with Gasteiger partial charge in [0.1, 0.15) is 0 Å². The van der Waals surface area contributed by atoms with E-state index >= 15 is 0 Å². The first-order valence-corrected chi connectivity index (χ1v) is 12.0. The molecular formula is C23H41AlO5. The number of ether oxygens (including phenoxy) is 5. The minimum absolute atomic E-state index is 0.305. The van der Waals surface area contributed by atoms with Crippen molar-refractivity contribution >= 4 is 16.3 Å². The number of unbranched alkanes of at least 4 members (excludes halogenated alkanes) is 1. The van der Waals surface area contributed by atoms with Gasteiger partial charge in [-0.15, -0.1) is 0 Å². The van der Waals surface area contributed by atoms with Crippen LogP contribution in [0.15, 0.2) is 12.1 Å². The van der Waals surface area contributed by atoms with Crippen molar-refractivity contribution in [3.63, 3.8) is 0 Å². The molecule has 0 saturated heterocycles. The lowest BCUT2D eigenvalue weighted by Gasteiger charge is -2.11. The number of hydrogen-bond acceptors (Lipinski definition) is 5. The molecule has 1 heterocycles. The van der Waals surface area contributed by atoms with Gasteiger partial charge >= 0.3 is 0 Å². The molecule has 0 aromatic heterocycles. The molecule has 0 saturated carbocycles. The standard InChI is InChI=1S/C19H30O5.C4H9.Al.2H/c1-3-5-7-20-8-9-21-10-11-22-14-17-13-19-18(23-15-24-19)12-16(17)6-4-2;1-4(2)3;;;/h12-13H,3-11,14-15H2,1-2H3;1-3H3;;;. The van der Waals surface area contributed by atoms with Crippen molar-refractivity contribution in [3.8, 4) is 11.5 Å². The second-order valence-corrected chi connectivity index (χ2v) is 11.9. The van der Waals surface area contributed by atoms with Crippen LogP contribution < -0.4 is 9.47 Å². The normalized spacial score (nSPS) is 12.6. The Kier molecular flexibility index (Phi) is 13.7. The van der Waals surface area contributed by atoms with Gasteiger partial charge in [0.25, 0.3) is 0 Å². The van der Waals surface area contributed by atoms with Gasteiger partial charge in [-0.25, -0.2) is 0 Å². The number of rotatable bonds is 13. The highest BCUT2D eigenvalue weighted by Crippen LogP contribution is 2.35. The van der Waals surface area contributed by atoms with E-state index < -0.39 is 0 Å². The molecule has 1 aromatic rings. The molecule has 5 nitrogen and oxygen atoms in total. The molecular weight excluding hydrogens is 383 g/mol. The summed E-state index contributed by atoms with van der Waals surface area (Å²) in [6.45, 7) is 15.2. The van der Waals surface area contributed by atoms with Crippen LogP contribution in [0.3, 0.4) is 0 Å². The number of fused-ring (bicyclic) bond motifs is 1. The van der Waals surface area contributed by atoms with E-state index in [0.717, 1.165) is 43.8 Å². The van der Waals surface area contributed by atoms with Crippen molar-refractivity contribution in [1.82, 2.24) is 0 Å². The highest BCUT2D eigenvalue weighted by molar-refractivity contribution is 6.14. The molecule has 0 fully saturated rings. The minimum Gasteiger partial charge on any atom is -0.454 e. The van der Waals surface area contributed by atoms with Crippen LogP contribution in [0.25, 0.3) is 0 Å². The fourth-order valence-corrected chi connectivity index (χ4v) is 2.53. The van der Waals surface area contributed by atoms with E-state index in [1.54, 1.807) is 0 Å². The van der Waals surface area contributed by atoms with Crippen molar-refractivity contribution in [2.24, 2.45) is 0 Å². The Morgan fingerprint density at radius 2 is 1.34 bits per heavy atom. The molecule has 0 radical (unpaired) electrons. The summed E-state index contributed by atoms with van der Waals surface area (Å²) in [5.74, 6) is 1.66. The Morgan fingerprint density at radius 3 is 1.90 bits per heavy atom. The number of hydrogen-bond donors (Lipinski definition) is 0. The van der Waals surface area contributed by atoms with Crippen LogP contribution in [0.4, 0.5) is 0 Å². The average Bonchev–Trinajstić information content (AvgIpc) is 3.09. The van der Waals surface area contributed by atoms with Crippen molar-refractivity contribution in [2.45, 2.75) is 71.2 Å². The fraction of sp³-hybridized carbons (Fsp3) is 0.739. The van der Waals surface area contributed by atoms with Gasteiger partial charge in [0.2, 0.25) is 23.1 Å². The lowest BCUT2D eigenvalue weighted by molar-refractivity contribution is 0.0101. The van der Waals surface area contributed by atoms with Gasteiger partial charge in [-0.2, -0.15) is 0 Å². The van der Waals surface area contributed by atoms with Crippen LogP contribution in [0.5, 0.6) is 11.5 Å². The molecule has 0 spiro atoms. The summed E-state index contributed by atoms with van der Waals surface area (Å²) < 4.78 is 28.2. The first-order valence-electron chi connectivity index (χ1n) is 11.0. The van der Waals surface area contributed by atoms with E-state index in [9.17, 15) is 0 Å². The zero-order valence-corrected chi connectivity index (χ0v) is 21.5. The summed E-state index contributed by atoms with van der Waals surface area (Å²) in [6, 6.07) is 4.12. The maximum atomic E-state index is 5.75. The Hall–Kier alpha value is -0.768. The fourth-order valence-electron chi connectivity index (χ4n) is 2.53. The highest BCUT2D eigenvalue weighted by Gasteiger charge is 2.16. The molecule has 6 heteroatoms. The third-order valence-corrected chi connectivity index (χ3v) is 3.86. The van der Waals surface area contributed by atoms with Crippen molar-refractivity contribution in [1.29, 1.82) is 0 Å². The first-order chi connectivity index (χ1) is 13.8. The second kappa shape index (κ2) is 15.1. The van der Waals surface area contributed by atoms with Crippen LogP contribution in [0.1, 0.15) is 65.0 Å². The molecule has 0 unspecified atom stereocenters. The van der Waals surface area contributed by atoms with Gasteiger partial charge in [-0.1, -0.05) is 51.7 Å². The van der Waals surface area contributed by atoms with Gasteiger partial charge < -0.3 is 23.7 Å². The summed E-state index contributed by atoms with van der Waals surface area (Å²) in [6.07, 6.45) is 4.38. The molecule has 1 aliphatic rings. The predicted molar refractivity (Wildman–Crippen MR) is 121 cm³/mol. The first kappa shape index (κ1) is 26.3. The van der Waals surface area contributed by atoms with E-state index in [1.165, 1.54) is 27.4 Å². The van der Waals surface area contributed by atoms with E-state index in [2.05, 4.69) is 40.7 Å². The number of aryl methyl sites for hydroxylation is 1. The van der Waals surface area contributed by atoms with Crippen molar-refractivity contribution in [3.05, 3.63) is 23.3 Å². The van der Waals surface area contributed by atoms with E-state index in [-0.39, 0.29) is 0 Å². The summed E-state index contributed by atoms with van der Waals surface area (Å²) in [4.78, 5) is 0. The summed E-state index contributed by atoms with van der Waals surface area (Å²) >= 11 is 1.31. The average molecular weight is 425 g/mol. The van der Waals surface area contributed by atoms with E-state index in [4.69, 9.17) is 23.7 Å². The largest absolute Gasteiger partial charge is 0.454 e. The second-order valence-electron chi connectivity index (χ2n) is 8.86. The maximum Gasteiger partial charge on any atom is 0.231 e. The molecule has 1 aliphatic heterocycles. The summed E-state index contributed by atoms with van der Waals surface area (Å²) in [7, 11) is 0. The van der Waals surface area contributed by atoms with Gasteiger partial charge in [-0.3, -0.25) is 0 Å². The van der Waals surface area contributed by atoms with Crippen LogP contribution in [0.2, 0.25) is 4.28 Å². The predicted octanol–water partition coefficient (Wildman–Crippen LogP) is 4.56. The highest BCUT2D eigenvalue weighted by atomic mass is 27.0. The molecule has 0 bridgehead atoms. The third kappa shape index (κ3) is 13.2. The Labute approximate surface area is 185 Å². The molecule has 1 aromatic carbocycles. The molecule has 0 amide bonds. The van der Waals surface area contributed by atoms with Gasteiger partial charge in [-0.05, 0) is 36.1 Å². The van der Waals surface area contributed by atoms with Gasteiger partial charge in [0.15, 0.2) is 11.5 Å². The zero-order valence-electron chi connectivity index (χ0n) is 19.5. The molecule has 2 rings (SSSR count). The minimum atomic E-state index is 0.305. The van der Waals surface area contributed by atoms with Crippen molar-refractivity contribution < 1.29 is 23.7 Å². The van der Waals surface area contributed by atoms with E-state index in [0.29, 0.717) is 44.1 Å². The SMILES string of the molecule is CCCCOCCOCCOCc1cc2c(cc1CCC)OCO2.C[C](C)(C)[AlH2]. The molecule has 0 N–H and O–H groups in total. The van der Waals surface area contributed by atoms with Crippen LogP contribution in [-0.4, -0.2) is 56.1 Å². The van der Waals surface area contributed by atoms with Crippen LogP contribution in [-0.2, 0) is 27.2 Å². The third-order valence-electron chi connectivity index (χ3n) is 3.86. The summed E-state index contributed by atoms with van der Waals surface area (Å²) in [5, 5.41) is 0. The van der Waals surface area contributed by atoms with E-state index in [1.807, 2.05) is 6.07 Å². The number of benzene rings is 1. The quantitative estimate of drug-likeness (QED) is 0.343. The Balaban J connectivity index is 0.000000749. The smallest absolute Gasteiger partial charge is 0.231 e. The van der Waals surface area contributed by atoms with Crippen LogP contribution in [0, 0.1) is 0 Å². The van der Waals surface area contributed by atoms with Crippen LogP contribution >= 0.6 is 0 Å². The lowest BCUT2D eigenvalue weighted by Crippen LogP contribution is -2.10. The topological polar surface area (TPSA) is 46.2 Å². The van der Waals surface area contributed by atoms with Crippen molar-refractivity contribution in [2.75, 3.05) is 39.8 Å². The molecule has 29 heavy (non-hydrogen) atoms. The monoisotopic (exact) mass is 424 g/mol. The Morgan fingerprint density at radius 1 is 0.828 bits per heavy atom. The van der Waals surface area contributed by atoms with Gasteiger partial charge in [0, 0.05) is 6.61 Å². The summed E-state index contributed by atoms with van der Waals surface area (Å²) in [5.41, 5.74) is 2.44. The Bertz CT molecular complexity index is 551. The van der Waals surface area contributed by atoms with Gasteiger partial charge in [0.05, 0.1) is 33.0 Å². The lowest BCUT2D eigenvalue weighted by atomic mass is 10.0. The maximum absolute atomic E-state index is 5.75. The molecule has 166 valence electrons. The molecule has 0 atom stereocenters. The molecule has 0 aliphatic carbocycles.